The number of ether oxygens (including phenoxy) is 2. The molecule has 0 bridgehead atoms. The number of hydrogen-bond acceptors (Lipinski definition) is 6. The third-order valence-corrected chi connectivity index (χ3v) is 7.31. The van der Waals surface area contributed by atoms with Gasteiger partial charge in [0.05, 0.1) is 24.7 Å². The second-order valence-corrected chi connectivity index (χ2v) is 11.4. The fourth-order valence-corrected chi connectivity index (χ4v) is 5.41. The van der Waals surface area contributed by atoms with Gasteiger partial charge in [-0.25, -0.2) is 4.79 Å². The van der Waals surface area contributed by atoms with Gasteiger partial charge < -0.3 is 19.7 Å². The van der Waals surface area contributed by atoms with E-state index < -0.39 is 23.6 Å². The molecule has 2 unspecified atom stereocenters. The molecule has 1 aliphatic rings. The first-order valence-corrected chi connectivity index (χ1v) is 14.1. The van der Waals surface area contributed by atoms with Crippen LogP contribution >= 0.6 is 0 Å². The zero-order valence-corrected chi connectivity index (χ0v) is 24.6. The van der Waals surface area contributed by atoms with Crippen LogP contribution in [-0.2, 0) is 27.2 Å². The Kier molecular flexibility index (Phi) is 9.64. The molecule has 0 radical (unpaired) electrons. The largest absolute Gasteiger partial charge is 0.469 e. The van der Waals surface area contributed by atoms with Crippen LogP contribution in [0.2, 0.25) is 0 Å². The molecule has 218 valence electrons. The minimum absolute atomic E-state index is 0.0938. The Bertz CT molecular complexity index is 1470. The van der Waals surface area contributed by atoms with Gasteiger partial charge in [0.2, 0.25) is 0 Å². The summed E-state index contributed by atoms with van der Waals surface area (Å²) in [6.07, 6.45) is 1.17. The standard InChI is InChI=1S/C34H37N3O5/c1-34(2,3)42-33(40)36-22-27-20-26(25-12-6-5-7-13-25)15-16-28(27)31(38)37-17-9-14-30(37)29(32(39)41-4)19-23-10-8-11-24(18-23)21-35/h5-8,10-13,15-16,18,20,29-30H,9,14,17,19,22H2,1-4H3,(H,36,40). The highest BCUT2D eigenvalue weighted by atomic mass is 16.6. The van der Waals surface area contributed by atoms with Crippen molar-refractivity contribution in [2.45, 2.75) is 58.2 Å². The number of alkyl carbamates (subject to hydrolysis) is 1. The van der Waals surface area contributed by atoms with Crippen LogP contribution in [0, 0.1) is 17.2 Å². The molecule has 2 amide bonds. The van der Waals surface area contributed by atoms with Crippen LogP contribution in [0.15, 0.2) is 72.8 Å². The van der Waals surface area contributed by atoms with Crippen LogP contribution in [0.4, 0.5) is 4.79 Å². The molecule has 4 rings (SSSR count). The van der Waals surface area contributed by atoms with Crippen LogP contribution in [0.3, 0.4) is 0 Å². The number of rotatable bonds is 8. The van der Waals surface area contributed by atoms with Crippen molar-refractivity contribution < 1.29 is 23.9 Å². The summed E-state index contributed by atoms with van der Waals surface area (Å²) >= 11 is 0. The Labute approximate surface area is 247 Å². The molecule has 2 atom stereocenters. The third kappa shape index (κ3) is 7.55. The quantitative estimate of drug-likeness (QED) is 0.340. The predicted molar refractivity (Wildman–Crippen MR) is 159 cm³/mol. The summed E-state index contributed by atoms with van der Waals surface area (Å²) in [6.45, 7) is 5.96. The predicted octanol–water partition coefficient (Wildman–Crippen LogP) is 5.89. The van der Waals surface area contributed by atoms with E-state index in [0.29, 0.717) is 36.1 Å². The average molecular weight is 568 g/mol. The highest BCUT2D eigenvalue weighted by Crippen LogP contribution is 2.31. The van der Waals surface area contributed by atoms with Crippen molar-refractivity contribution in [3.8, 4) is 17.2 Å². The van der Waals surface area contributed by atoms with E-state index in [0.717, 1.165) is 23.1 Å². The number of methoxy groups -OCH3 is 1. The molecule has 1 saturated heterocycles. The van der Waals surface area contributed by atoms with E-state index in [2.05, 4.69) is 11.4 Å². The second kappa shape index (κ2) is 13.3. The van der Waals surface area contributed by atoms with E-state index in [1.807, 2.05) is 48.5 Å². The van der Waals surface area contributed by atoms with Gasteiger partial charge in [-0.05, 0) is 86.6 Å². The molecule has 8 nitrogen and oxygen atoms in total. The molecule has 0 saturated carbocycles. The molecule has 0 spiro atoms. The van der Waals surface area contributed by atoms with E-state index in [9.17, 15) is 19.6 Å². The van der Waals surface area contributed by atoms with Gasteiger partial charge in [-0.15, -0.1) is 0 Å². The van der Waals surface area contributed by atoms with Crippen LogP contribution in [0.25, 0.3) is 11.1 Å². The molecule has 0 aliphatic carbocycles. The maximum Gasteiger partial charge on any atom is 0.407 e. The first-order chi connectivity index (χ1) is 20.1. The zero-order chi connectivity index (χ0) is 30.3. The van der Waals surface area contributed by atoms with Gasteiger partial charge in [0, 0.05) is 24.7 Å². The summed E-state index contributed by atoms with van der Waals surface area (Å²) in [7, 11) is 1.35. The van der Waals surface area contributed by atoms with Crippen molar-refractivity contribution in [1.82, 2.24) is 10.2 Å². The molecular formula is C34H37N3O5. The van der Waals surface area contributed by atoms with Gasteiger partial charge in [-0.3, -0.25) is 9.59 Å². The Morgan fingerprint density at radius 1 is 1.02 bits per heavy atom. The Balaban J connectivity index is 1.65. The highest BCUT2D eigenvalue weighted by Gasteiger charge is 2.40. The first kappa shape index (κ1) is 30.3. The Morgan fingerprint density at radius 2 is 1.79 bits per heavy atom. The number of nitrogens with zero attached hydrogens (tertiary/aromatic N) is 2. The van der Waals surface area contributed by atoms with Crippen LogP contribution < -0.4 is 5.32 Å². The number of nitrogens with one attached hydrogen (secondary N) is 1. The summed E-state index contributed by atoms with van der Waals surface area (Å²) in [5, 5.41) is 12.1. The summed E-state index contributed by atoms with van der Waals surface area (Å²) in [5.41, 5.74) is 3.68. The lowest BCUT2D eigenvalue weighted by molar-refractivity contribution is -0.147. The maximum atomic E-state index is 14.2. The van der Waals surface area contributed by atoms with Crippen LogP contribution in [0.1, 0.15) is 60.7 Å². The van der Waals surface area contributed by atoms with E-state index >= 15 is 0 Å². The SMILES string of the molecule is COC(=O)C(Cc1cccc(C#N)c1)C1CCCN1C(=O)c1ccc(-c2ccccc2)cc1CNC(=O)OC(C)(C)C. The fourth-order valence-electron chi connectivity index (χ4n) is 5.41. The smallest absolute Gasteiger partial charge is 0.407 e. The van der Waals surface area contributed by atoms with Gasteiger partial charge in [-0.2, -0.15) is 5.26 Å². The number of nitriles is 1. The van der Waals surface area contributed by atoms with E-state index in [4.69, 9.17) is 9.47 Å². The highest BCUT2D eigenvalue weighted by molar-refractivity contribution is 5.97. The number of carbonyl (C=O) groups excluding carboxylic acids is 3. The lowest BCUT2D eigenvalue weighted by atomic mass is 9.89. The number of esters is 1. The third-order valence-electron chi connectivity index (χ3n) is 7.31. The van der Waals surface area contributed by atoms with Gasteiger partial charge in [-0.1, -0.05) is 48.5 Å². The van der Waals surface area contributed by atoms with Crippen molar-refractivity contribution in [3.05, 3.63) is 95.1 Å². The van der Waals surface area contributed by atoms with Gasteiger partial charge in [0.15, 0.2) is 0 Å². The number of likely N-dealkylation sites (tertiary alicyclic amines) is 1. The van der Waals surface area contributed by atoms with Crippen molar-refractivity contribution in [2.24, 2.45) is 5.92 Å². The molecule has 1 fully saturated rings. The van der Waals surface area contributed by atoms with Crippen molar-refractivity contribution in [1.29, 1.82) is 5.26 Å². The minimum atomic E-state index is -0.660. The summed E-state index contributed by atoms with van der Waals surface area (Å²) < 4.78 is 10.6. The first-order valence-electron chi connectivity index (χ1n) is 14.1. The Morgan fingerprint density at radius 3 is 2.48 bits per heavy atom. The summed E-state index contributed by atoms with van der Waals surface area (Å²) in [6, 6.07) is 24.3. The minimum Gasteiger partial charge on any atom is -0.469 e. The molecule has 8 heteroatoms. The molecule has 1 aliphatic heterocycles. The number of benzene rings is 3. The second-order valence-electron chi connectivity index (χ2n) is 11.4. The average Bonchev–Trinajstić information content (AvgIpc) is 3.47. The molecule has 42 heavy (non-hydrogen) atoms. The summed E-state index contributed by atoms with van der Waals surface area (Å²) in [5.74, 6) is -1.20. The summed E-state index contributed by atoms with van der Waals surface area (Å²) in [4.78, 5) is 41.4. The van der Waals surface area contributed by atoms with Crippen molar-refractivity contribution in [3.63, 3.8) is 0 Å². The molecular weight excluding hydrogens is 530 g/mol. The van der Waals surface area contributed by atoms with Crippen LogP contribution in [-0.4, -0.2) is 48.2 Å². The number of hydrogen-bond donors (Lipinski definition) is 1. The lowest BCUT2D eigenvalue weighted by Crippen LogP contribution is -2.44. The zero-order valence-electron chi connectivity index (χ0n) is 24.6. The lowest BCUT2D eigenvalue weighted by Gasteiger charge is -2.31. The van der Waals surface area contributed by atoms with E-state index in [1.54, 1.807) is 49.9 Å². The number of carbonyl (C=O) groups is 3. The van der Waals surface area contributed by atoms with Gasteiger partial charge in [0.25, 0.3) is 5.91 Å². The Hall–Kier alpha value is -4.64. The van der Waals surface area contributed by atoms with Crippen molar-refractivity contribution in [2.75, 3.05) is 13.7 Å². The molecule has 3 aromatic carbocycles. The van der Waals surface area contributed by atoms with Crippen molar-refractivity contribution >= 4 is 18.0 Å². The van der Waals surface area contributed by atoms with Gasteiger partial charge >= 0.3 is 12.1 Å². The fraction of sp³-hybridized carbons (Fsp3) is 0.353. The molecule has 1 N–H and O–H groups in total. The molecule has 0 aromatic heterocycles. The van der Waals surface area contributed by atoms with Crippen LogP contribution in [0.5, 0.6) is 0 Å². The van der Waals surface area contributed by atoms with E-state index in [1.165, 1.54) is 7.11 Å². The van der Waals surface area contributed by atoms with E-state index in [-0.39, 0.29) is 18.5 Å². The molecule has 1 heterocycles. The molecule has 3 aromatic rings. The van der Waals surface area contributed by atoms with Gasteiger partial charge in [0.1, 0.15) is 5.60 Å². The normalized spacial score (nSPS) is 15.4. The maximum absolute atomic E-state index is 14.2. The monoisotopic (exact) mass is 567 g/mol. The number of amides is 2. The topological polar surface area (TPSA) is 109 Å².